The van der Waals surface area contributed by atoms with Crippen molar-refractivity contribution >= 4 is 17.2 Å². The fraction of sp³-hybridized carbons (Fsp3) is 0.0588. The van der Waals surface area contributed by atoms with Crippen molar-refractivity contribution in [2.24, 2.45) is 0 Å². The second-order valence-electron chi connectivity index (χ2n) is 5.53. The number of aromatic nitrogens is 5. The van der Waals surface area contributed by atoms with Crippen LogP contribution in [-0.4, -0.2) is 29.9 Å². The van der Waals surface area contributed by atoms with Crippen LogP contribution in [0.25, 0.3) is 11.3 Å². The molecule has 3 heterocycles. The highest BCUT2D eigenvalue weighted by Gasteiger charge is 2.12. The van der Waals surface area contributed by atoms with Gasteiger partial charge in [0.2, 0.25) is 5.91 Å². The van der Waals surface area contributed by atoms with E-state index >= 15 is 0 Å². The lowest BCUT2D eigenvalue weighted by molar-refractivity contribution is -0.117. The quantitative estimate of drug-likeness (QED) is 0.602. The number of nitrogens with zero attached hydrogens (tertiary/aromatic N) is 5. The second-order valence-corrected chi connectivity index (χ2v) is 5.53. The van der Waals surface area contributed by atoms with Crippen molar-refractivity contribution in [3.05, 3.63) is 77.4 Å². The minimum absolute atomic E-state index is 0.268. The van der Waals surface area contributed by atoms with Crippen LogP contribution < -0.4 is 11.0 Å². The predicted molar refractivity (Wildman–Crippen MR) is 91.6 cm³/mol. The molecular weight excluding hydrogens is 339 g/mol. The molecule has 3 aromatic heterocycles. The van der Waals surface area contributed by atoms with Crippen molar-refractivity contribution in [3.63, 3.8) is 0 Å². The molecule has 1 N–H and O–H groups in total. The van der Waals surface area contributed by atoms with E-state index in [2.05, 4.69) is 15.5 Å². The van der Waals surface area contributed by atoms with Crippen molar-refractivity contribution in [2.75, 3.05) is 5.32 Å². The number of anilines is 1. The van der Waals surface area contributed by atoms with E-state index < -0.39 is 17.4 Å². The van der Waals surface area contributed by atoms with E-state index in [4.69, 9.17) is 0 Å². The summed E-state index contributed by atoms with van der Waals surface area (Å²) in [5.41, 5.74) is 0.570. The first-order chi connectivity index (χ1) is 12.6. The molecule has 130 valence electrons. The summed E-state index contributed by atoms with van der Waals surface area (Å²) in [4.78, 5) is 24.3. The van der Waals surface area contributed by atoms with E-state index in [1.165, 1.54) is 21.2 Å². The Morgan fingerprint density at radius 1 is 1.15 bits per heavy atom. The van der Waals surface area contributed by atoms with Crippen LogP contribution in [-0.2, 0) is 11.3 Å². The number of carbonyl (C=O) groups is 1. The highest BCUT2D eigenvalue weighted by Crippen LogP contribution is 2.17. The van der Waals surface area contributed by atoms with Gasteiger partial charge in [-0.15, -0.1) is 5.10 Å². The molecule has 0 spiro atoms. The first-order valence-corrected chi connectivity index (χ1v) is 7.75. The van der Waals surface area contributed by atoms with Gasteiger partial charge in [0.15, 0.2) is 11.5 Å². The maximum atomic E-state index is 14.2. The Hall–Kier alpha value is -3.75. The predicted octanol–water partition coefficient (Wildman–Crippen LogP) is 1.46. The molecule has 4 rings (SSSR count). The monoisotopic (exact) mass is 352 g/mol. The van der Waals surface area contributed by atoms with Crippen molar-refractivity contribution in [2.45, 2.75) is 6.54 Å². The van der Waals surface area contributed by atoms with Gasteiger partial charge in [-0.05, 0) is 36.4 Å². The molecule has 0 bridgehead atoms. The largest absolute Gasteiger partial charge is 0.350 e. The summed E-state index contributed by atoms with van der Waals surface area (Å²) < 4.78 is 18.0. The summed E-state index contributed by atoms with van der Waals surface area (Å²) in [6.07, 6.45) is 4.73. The van der Waals surface area contributed by atoms with Crippen molar-refractivity contribution < 1.29 is 9.18 Å². The number of amides is 1. The number of rotatable bonds is 4. The van der Waals surface area contributed by atoms with Gasteiger partial charge in [-0.1, -0.05) is 6.07 Å². The average molecular weight is 352 g/mol. The third-order valence-corrected chi connectivity index (χ3v) is 3.76. The van der Waals surface area contributed by atoms with E-state index in [-0.39, 0.29) is 17.9 Å². The Kier molecular flexibility index (Phi) is 3.81. The molecule has 26 heavy (non-hydrogen) atoms. The molecule has 0 aliphatic heterocycles. The van der Waals surface area contributed by atoms with Crippen LogP contribution in [0.3, 0.4) is 0 Å². The van der Waals surface area contributed by atoms with Crippen LogP contribution in [0.4, 0.5) is 10.1 Å². The topological polar surface area (TPSA) is 86.2 Å². The van der Waals surface area contributed by atoms with E-state index in [0.29, 0.717) is 5.65 Å². The van der Waals surface area contributed by atoms with E-state index in [1.54, 1.807) is 48.9 Å². The summed E-state index contributed by atoms with van der Waals surface area (Å²) >= 11 is 0. The Bertz CT molecular complexity index is 1150. The number of fused-ring (bicyclic) bond motifs is 1. The smallest absolute Gasteiger partial charge is 0.324 e. The van der Waals surface area contributed by atoms with Gasteiger partial charge in [0, 0.05) is 24.3 Å². The molecule has 1 aromatic carbocycles. The molecule has 4 aromatic rings. The summed E-state index contributed by atoms with van der Waals surface area (Å²) in [6.45, 7) is -0.275. The van der Waals surface area contributed by atoms with Crippen LogP contribution in [0.1, 0.15) is 0 Å². The maximum Gasteiger partial charge on any atom is 0.350 e. The third kappa shape index (κ3) is 2.86. The zero-order valence-electron chi connectivity index (χ0n) is 13.4. The number of carbonyl (C=O) groups excluding carboxylic acids is 1. The molecule has 0 saturated heterocycles. The molecule has 8 nitrogen and oxygen atoms in total. The van der Waals surface area contributed by atoms with Gasteiger partial charge in [-0.2, -0.15) is 5.10 Å². The number of hydrogen-bond acceptors (Lipinski definition) is 4. The number of benzene rings is 1. The van der Waals surface area contributed by atoms with Crippen LogP contribution in [0.15, 0.2) is 65.8 Å². The summed E-state index contributed by atoms with van der Waals surface area (Å²) in [5.74, 6) is -1.02. The van der Waals surface area contributed by atoms with Gasteiger partial charge in [0.1, 0.15) is 12.2 Å². The third-order valence-electron chi connectivity index (χ3n) is 3.76. The highest BCUT2D eigenvalue weighted by atomic mass is 19.1. The lowest BCUT2D eigenvalue weighted by Gasteiger charge is -2.08. The first kappa shape index (κ1) is 15.8. The van der Waals surface area contributed by atoms with Crippen molar-refractivity contribution in [3.8, 4) is 5.69 Å². The molecule has 0 atom stereocenters. The number of halogens is 1. The molecule has 0 fully saturated rings. The minimum atomic E-state index is -0.531. The maximum absolute atomic E-state index is 14.2. The molecule has 0 aliphatic carbocycles. The molecule has 1 amide bonds. The Morgan fingerprint density at radius 2 is 2.04 bits per heavy atom. The first-order valence-electron chi connectivity index (χ1n) is 7.75. The molecule has 0 saturated carbocycles. The number of nitrogens with one attached hydrogen (secondary N) is 1. The summed E-state index contributed by atoms with van der Waals surface area (Å²) in [7, 11) is 0. The number of pyridine rings is 1. The number of hydrogen-bond donors (Lipinski definition) is 1. The lowest BCUT2D eigenvalue weighted by Crippen LogP contribution is -2.28. The molecule has 0 unspecified atom stereocenters. The SMILES string of the molecule is O=C(Cn1nc2ccccn2c1=O)Nc1ccc(-n2cccn2)c(F)c1. The van der Waals surface area contributed by atoms with Crippen LogP contribution in [0.2, 0.25) is 0 Å². The van der Waals surface area contributed by atoms with Gasteiger partial charge in [-0.25, -0.2) is 18.5 Å². The van der Waals surface area contributed by atoms with Crippen molar-refractivity contribution in [1.29, 1.82) is 0 Å². The van der Waals surface area contributed by atoms with Gasteiger partial charge >= 0.3 is 5.69 Å². The van der Waals surface area contributed by atoms with E-state index in [0.717, 1.165) is 4.68 Å². The zero-order chi connectivity index (χ0) is 18.1. The van der Waals surface area contributed by atoms with Gasteiger partial charge in [0.25, 0.3) is 0 Å². The Morgan fingerprint density at radius 3 is 2.77 bits per heavy atom. The average Bonchev–Trinajstić information content (AvgIpc) is 3.25. The molecular formula is C17H13FN6O2. The molecule has 9 heteroatoms. The lowest BCUT2D eigenvalue weighted by atomic mass is 10.2. The minimum Gasteiger partial charge on any atom is -0.324 e. The van der Waals surface area contributed by atoms with Crippen LogP contribution in [0.5, 0.6) is 0 Å². The van der Waals surface area contributed by atoms with Crippen LogP contribution in [0, 0.1) is 5.82 Å². The van der Waals surface area contributed by atoms with Gasteiger partial charge in [-0.3, -0.25) is 9.20 Å². The summed E-state index contributed by atoms with van der Waals surface area (Å²) in [5, 5.41) is 10.6. The Balaban J connectivity index is 1.52. The van der Waals surface area contributed by atoms with E-state index in [1.807, 2.05) is 0 Å². The summed E-state index contributed by atoms with van der Waals surface area (Å²) in [6, 6.07) is 11.1. The van der Waals surface area contributed by atoms with Crippen LogP contribution >= 0.6 is 0 Å². The van der Waals surface area contributed by atoms with Gasteiger partial charge < -0.3 is 5.32 Å². The van der Waals surface area contributed by atoms with Gasteiger partial charge in [0.05, 0.1) is 0 Å². The van der Waals surface area contributed by atoms with Crippen molar-refractivity contribution in [1.82, 2.24) is 24.0 Å². The fourth-order valence-electron chi connectivity index (χ4n) is 2.59. The van der Waals surface area contributed by atoms with E-state index in [9.17, 15) is 14.0 Å². The standard InChI is InChI=1S/C17H13FN6O2/c18-13-10-12(5-6-14(13)23-9-3-7-19-23)20-16(25)11-24-17(26)22-8-2-1-4-15(22)21-24/h1-10H,11H2,(H,20,25). The molecule has 0 radical (unpaired) electrons. The normalized spacial score (nSPS) is 11.0. The Labute approximate surface area is 146 Å². The molecule has 0 aliphatic rings. The fourth-order valence-corrected chi connectivity index (χ4v) is 2.59. The zero-order valence-corrected chi connectivity index (χ0v) is 13.4. The highest BCUT2D eigenvalue weighted by molar-refractivity contribution is 5.90. The second kappa shape index (κ2) is 6.28.